The van der Waals surface area contributed by atoms with Gasteiger partial charge in [0.15, 0.2) is 0 Å². The molecule has 1 aromatic carbocycles. The van der Waals surface area contributed by atoms with Gasteiger partial charge in [0.05, 0.1) is 6.20 Å². The number of ether oxygens (including phenoxy) is 2. The Morgan fingerprint density at radius 1 is 0.812 bits per heavy atom. The van der Waals surface area contributed by atoms with Crippen molar-refractivity contribution in [2.45, 2.75) is 0 Å². The number of hydrogen-bond donors (Lipinski definition) is 0. The van der Waals surface area contributed by atoms with Crippen molar-refractivity contribution in [3.63, 3.8) is 0 Å². The SMILES string of the molecule is c1ccc(OCCOc2cccnc2)cc1. The molecule has 0 fully saturated rings. The van der Waals surface area contributed by atoms with Crippen molar-refractivity contribution in [1.82, 2.24) is 4.98 Å². The van der Waals surface area contributed by atoms with Crippen LogP contribution >= 0.6 is 0 Å². The van der Waals surface area contributed by atoms with Crippen LogP contribution in [0.25, 0.3) is 0 Å². The number of para-hydroxylation sites is 1. The Morgan fingerprint density at radius 3 is 2.19 bits per heavy atom. The fourth-order valence-electron chi connectivity index (χ4n) is 1.27. The fraction of sp³-hybridized carbons (Fsp3) is 0.154. The first-order chi connectivity index (χ1) is 7.95. The normalized spacial score (nSPS) is 9.75. The molecule has 3 nitrogen and oxygen atoms in total. The Labute approximate surface area is 94.7 Å². The van der Waals surface area contributed by atoms with Crippen LogP contribution in [0.1, 0.15) is 0 Å². The molecule has 0 aliphatic heterocycles. The summed E-state index contributed by atoms with van der Waals surface area (Å²) in [6.45, 7) is 1.04. The van der Waals surface area contributed by atoms with Gasteiger partial charge >= 0.3 is 0 Å². The summed E-state index contributed by atoms with van der Waals surface area (Å²) >= 11 is 0. The zero-order valence-corrected chi connectivity index (χ0v) is 8.87. The van der Waals surface area contributed by atoms with Crippen LogP contribution in [-0.4, -0.2) is 18.2 Å². The van der Waals surface area contributed by atoms with E-state index >= 15 is 0 Å². The molecule has 0 bridgehead atoms. The molecule has 0 atom stereocenters. The predicted octanol–water partition coefficient (Wildman–Crippen LogP) is 2.54. The Hall–Kier alpha value is -2.03. The number of nitrogens with zero attached hydrogens (tertiary/aromatic N) is 1. The lowest BCUT2D eigenvalue weighted by atomic mass is 10.3. The van der Waals surface area contributed by atoms with Gasteiger partial charge in [-0.25, -0.2) is 0 Å². The lowest BCUT2D eigenvalue weighted by Gasteiger charge is -2.07. The van der Waals surface area contributed by atoms with Crippen molar-refractivity contribution in [1.29, 1.82) is 0 Å². The summed E-state index contributed by atoms with van der Waals surface area (Å²) in [5.74, 6) is 1.62. The van der Waals surface area contributed by atoms with Gasteiger partial charge in [-0.2, -0.15) is 0 Å². The highest BCUT2D eigenvalue weighted by Crippen LogP contribution is 2.09. The first-order valence-corrected chi connectivity index (χ1v) is 5.16. The third kappa shape index (κ3) is 3.28. The van der Waals surface area contributed by atoms with Crippen molar-refractivity contribution in [2.75, 3.05) is 13.2 Å². The van der Waals surface area contributed by atoms with Crippen LogP contribution in [0.2, 0.25) is 0 Å². The molecule has 0 unspecified atom stereocenters. The standard InChI is InChI=1S/C13H13NO2/c1-2-5-12(6-3-1)15-9-10-16-13-7-4-8-14-11-13/h1-8,11H,9-10H2. The Kier molecular flexibility index (Phi) is 3.77. The molecular weight excluding hydrogens is 202 g/mol. The minimum absolute atomic E-state index is 0.514. The summed E-state index contributed by atoms with van der Waals surface area (Å²) < 4.78 is 10.9. The van der Waals surface area contributed by atoms with Gasteiger partial charge in [0.2, 0.25) is 0 Å². The van der Waals surface area contributed by atoms with Crippen molar-refractivity contribution in [3.8, 4) is 11.5 Å². The largest absolute Gasteiger partial charge is 0.490 e. The molecule has 0 radical (unpaired) electrons. The zero-order chi connectivity index (χ0) is 11.1. The third-order valence-corrected chi connectivity index (χ3v) is 2.00. The zero-order valence-electron chi connectivity index (χ0n) is 8.87. The maximum atomic E-state index is 5.48. The maximum absolute atomic E-state index is 5.48. The van der Waals surface area contributed by atoms with E-state index in [-0.39, 0.29) is 0 Å². The molecule has 2 rings (SSSR count). The molecule has 2 aromatic rings. The van der Waals surface area contributed by atoms with Crippen molar-refractivity contribution in [2.24, 2.45) is 0 Å². The monoisotopic (exact) mass is 215 g/mol. The summed E-state index contributed by atoms with van der Waals surface area (Å²) in [7, 11) is 0. The molecular formula is C13H13NO2. The van der Waals surface area contributed by atoms with Crippen LogP contribution in [0, 0.1) is 0 Å². The summed E-state index contributed by atoms with van der Waals surface area (Å²) in [4.78, 5) is 3.96. The second-order valence-corrected chi connectivity index (χ2v) is 3.20. The average Bonchev–Trinajstić information content (AvgIpc) is 2.37. The highest BCUT2D eigenvalue weighted by Gasteiger charge is 1.93. The molecule has 82 valence electrons. The van der Waals surface area contributed by atoms with Gasteiger partial charge in [-0.15, -0.1) is 0 Å². The average molecular weight is 215 g/mol. The molecule has 0 spiro atoms. The van der Waals surface area contributed by atoms with Gasteiger partial charge in [-0.3, -0.25) is 4.98 Å². The molecule has 0 N–H and O–H groups in total. The molecule has 0 aliphatic rings. The maximum Gasteiger partial charge on any atom is 0.137 e. The second kappa shape index (κ2) is 5.75. The topological polar surface area (TPSA) is 31.4 Å². The summed E-state index contributed by atoms with van der Waals surface area (Å²) in [6.07, 6.45) is 3.40. The van der Waals surface area contributed by atoms with E-state index in [9.17, 15) is 0 Å². The van der Waals surface area contributed by atoms with Gasteiger partial charge in [0.25, 0.3) is 0 Å². The van der Waals surface area contributed by atoms with E-state index in [1.165, 1.54) is 0 Å². The van der Waals surface area contributed by atoms with Crippen LogP contribution < -0.4 is 9.47 Å². The van der Waals surface area contributed by atoms with E-state index in [4.69, 9.17) is 9.47 Å². The van der Waals surface area contributed by atoms with E-state index in [2.05, 4.69) is 4.98 Å². The van der Waals surface area contributed by atoms with Crippen LogP contribution in [0.4, 0.5) is 0 Å². The van der Waals surface area contributed by atoms with Crippen molar-refractivity contribution >= 4 is 0 Å². The molecule has 0 amide bonds. The van der Waals surface area contributed by atoms with Gasteiger partial charge in [0, 0.05) is 6.20 Å². The second-order valence-electron chi connectivity index (χ2n) is 3.20. The van der Waals surface area contributed by atoms with Gasteiger partial charge in [0.1, 0.15) is 24.7 Å². The number of pyridine rings is 1. The van der Waals surface area contributed by atoms with Crippen molar-refractivity contribution < 1.29 is 9.47 Å². The first-order valence-electron chi connectivity index (χ1n) is 5.16. The Bertz CT molecular complexity index is 361. The smallest absolute Gasteiger partial charge is 0.137 e. The predicted molar refractivity (Wildman–Crippen MR) is 61.7 cm³/mol. The van der Waals surface area contributed by atoms with Crippen LogP contribution in [0.3, 0.4) is 0 Å². The number of hydrogen-bond acceptors (Lipinski definition) is 3. The minimum atomic E-state index is 0.514. The van der Waals surface area contributed by atoms with E-state index in [1.807, 2.05) is 42.5 Å². The molecule has 1 aromatic heterocycles. The molecule has 3 heteroatoms. The van der Waals surface area contributed by atoms with E-state index in [1.54, 1.807) is 12.4 Å². The van der Waals surface area contributed by atoms with E-state index in [0.717, 1.165) is 11.5 Å². The lowest BCUT2D eigenvalue weighted by Crippen LogP contribution is -2.08. The molecule has 16 heavy (non-hydrogen) atoms. The van der Waals surface area contributed by atoms with Gasteiger partial charge in [-0.1, -0.05) is 18.2 Å². The Morgan fingerprint density at radius 2 is 1.50 bits per heavy atom. The highest BCUT2D eigenvalue weighted by molar-refractivity contribution is 5.21. The molecule has 0 saturated heterocycles. The van der Waals surface area contributed by atoms with Gasteiger partial charge < -0.3 is 9.47 Å². The lowest BCUT2D eigenvalue weighted by molar-refractivity contribution is 0.216. The molecule has 0 aliphatic carbocycles. The van der Waals surface area contributed by atoms with Crippen LogP contribution in [0.5, 0.6) is 11.5 Å². The number of benzene rings is 1. The van der Waals surface area contributed by atoms with Gasteiger partial charge in [-0.05, 0) is 24.3 Å². The van der Waals surface area contributed by atoms with E-state index < -0.39 is 0 Å². The third-order valence-electron chi connectivity index (χ3n) is 2.00. The van der Waals surface area contributed by atoms with Crippen LogP contribution in [0.15, 0.2) is 54.9 Å². The molecule has 0 saturated carbocycles. The van der Waals surface area contributed by atoms with Crippen molar-refractivity contribution in [3.05, 3.63) is 54.9 Å². The quantitative estimate of drug-likeness (QED) is 0.718. The first kappa shape index (κ1) is 10.5. The minimum Gasteiger partial charge on any atom is -0.490 e. The molecule has 1 heterocycles. The number of aromatic nitrogens is 1. The highest BCUT2D eigenvalue weighted by atomic mass is 16.5. The Balaban J connectivity index is 1.70. The summed E-state index contributed by atoms with van der Waals surface area (Å²) in [5.41, 5.74) is 0. The van der Waals surface area contributed by atoms with E-state index in [0.29, 0.717) is 13.2 Å². The summed E-state index contributed by atoms with van der Waals surface area (Å²) in [5, 5.41) is 0. The van der Waals surface area contributed by atoms with Crippen LogP contribution in [-0.2, 0) is 0 Å². The number of rotatable bonds is 5. The summed E-state index contributed by atoms with van der Waals surface area (Å²) in [6, 6.07) is 13.4. The fourth-order valence-corrected chi connectivity index (χ4v) is 1.27.